The van der Waals surface area contributed by atoms with Crippen LogP contribution in [0, 0.1) is 5.82 Å². The molecule has 1 aliphatic heterocycles. The van der Waals surface area contributed by atoms with Gasteiger partial charge in [-0.3, -0.25) is 4.90 Å². The van der Waals surface area contributed by atoms with Crippen molar-refractivity contribution in [3.8, 4) is 0 Å². The van der Waals surface area contributed by atoms with Gasteiger partial charge < -0.3 is 9.84 Å². The Morgan fingerprint density at radius 1 is 1.56 bits per heavy atom. The van der Waals surface area contributed by atoms with Gasteiger partial charge in [-0.25, -0.2) is 9.18 Å². The molecule has 1 atom stereocenters. The molecule has 1 N–H and O–H groups in total. The number of hydrogen-bond acceptors (Lipinski definition) is 3. The van der Waals surface area contributed by atoms with Gasteiger partial charge in [0.05, 0.1) is 12.6 Å². The number of rotatable bonds is 3. The minimum Gasteiger partial charge on any atom is -0.447 e. The van der Waals surface area contributed by atoms with Crippen molar-refractivity contribution in [3.05, 3.63) is 35.6 Å². The molecule has 2 rings (SSSR count). The van der Waals surface area contributed by atoms with Crippen molar-refractivity contribution in [1.29, 1.82) is 0 Å². The molecule has 0 radical (unpaired) electrons. The summed E-state index contributed by atoms with van der Waals surface area (Å²) in [5, 5.41) is 8.84. The molecule has 0 bridgehead atoms. The highest BCUT2D eigenvalue weighted by Gasteiger charge is 2.33. The summed E-state index contributed by atoms with van der Waals surface area (Å²) < 4.78 is 17.9. The summed E-state index contributed by atoms with van der Waals surface area (Å²) in [6.07, 6.45) is -0.469. The van der Waals surface area contributed by atoms with Gasteiger partial charge in [0.15, 0.2) is 0 Å². The second-order valence-electron chi connectivity index (χ2n) is 3.56. The summed E-state index contributed by atoms with van der Waals surface area (Å²) >= 11 is 0. The Hall–Kier alpha value is -1.62. The van der Waals surface area contributed by atoms with Crippen molar-refractivity contribution in [1.82, 2.24) is 4.90 Å². The highest BCUT2D eigenvalue weighted by molar-refractivity contribution is 5.70. The van der Waals surface area contributed by atoms with E-state index in [1.807, 2.05) is 0 Å². The Balaban J connectivity index is 2.23. The molecule has 4 nitrogen and oxygen atoms in total. The molecule has 0 spiro atoms. The van der Waals surface area contributed by atoms with E-state index < -0.39 is 6.09 Å². The number of nitrogens with zero attached hydrogens (tertiary/aromatic N) is 1. The molecule has 0 aromatic heterocycles. The zero-order valence-electron chi connectivity index (χ0n) is 8.60. The fraction of sp³-hybridized carbons (Fsp3) is 0.364. The van der Waals surface area contributed by atoms with E-state index in [0.29, 0.717) is 5.56 Å². The van der Waals surface area contributed by atoms with E-state index in [1.165, 1.54) is 17.0 Å². The molecule has 0 saturated carbocycles. The van der Waals surface area contributed by atoms with Gasteiger partial charge in [0.2, 0.25) is 0 Å². The zero-order chi connectivity index (χ0) is 11.5. The van der Waals surface area contributed by atoms with Crippen LogP contribution in [-0.2, 0) is 4.74 Å². The molecule has 86 valence electrons. The van der Waals surface area contributed by atoms with Gasteiger partial charge in [-0.2, -0.15) is 0 Å². The first-order valence-corrected chi connectivity index (χ1v) is 5.02. The third-order valence-corrected chi connectivity index (χ3v) is 2.55. The third-order valence-electron chi connectivity index (χ3n) is 2.55. The van der Waals surface area contributed by atoms with Crippen molar-refractivity contribution in [2.75, 3.05) is 19.8 Å². The minimum absolute atomic E-state index is 0.138. The average molecular weight is 225 g/mol. The zero-order valence-corrected chi connectivity index (χ0v) is 8.60. The lowest BCUT2D eigenvalue weighted by molar-refractivity contribution is 0.148. The molecule has 5 heteroatoms. The van der Waals surface area contributed by atoms with Crippen molar-refractivity contribution in [2.45, 2.75) is 6.04 Å². The monoisotopic (exact) mass is 225 g/mol. The predicted octanol–water partition coefficient (Wildman–Crippen LogP) is 1.31. The summed E-state index contributed by atoms with van der Waals surface area (Å²) in [5.41, 5.74) is 0.680. The molecule has 16 heavy (non-hydrogen) atoms. The van der Waals surface area contributed by atoms with Gasteiger partial charge in [0, 0.05) is 6.54 Å². The maximum absolute atomic E-state index is 13.0. The quantitative estimate of drug-likeness (QED) is 0.843. The lowest BCUT2D eigenvalue weighted by Gasteiger charge is -2.20. The summed E-state index contributed by atoms with van der Waals surface area (Å²) in [6, 6.07) is 5.73. The first kappa shape index (κ1) is 10.9. The number of ether oxygens (including phenoxy) is 1. The number of amides is 1. The maximum Gasteiger partial charge on any atom is 0.410 e. The van der Waals surface area contributed by atoms with Crippen LogP contribution in [0.4, 0.5) is 9.18 Å². The lowest BCUT2D eigenvalue weighted by Crippen LogP contribution is -2.30. The van der Waals surface area contributed by atoms with Crippen molar-refractivity contribution >= 4 is 6.09 Å². The van der Waals surface area contributed by atoms with Crippen LogP contribution in [0.2, 0.25) is 0 Å². The number of carbonyl (C=O) groups is 1. The Morgan fingerprint density at radius 3 is 3.06 bits per heavy atom. The SMILES string of the molecule is O=C1OCC(c2cccc(F)c2)N1CCO. The normalized spacial score (nSPS) is 20.0. The molecule has 1 aliphatic rings. The van der Waals surface area contributed by atoms with Gasteiger partial charge in [-0.05, 0) is 17.7 Å². The number of benzene rings is 1. The molecule has 1 aromatic rings. The number of cyclic esters (lactones) is 1. The predicted molar refractivity (Wildman–Crippen MR) is 54.3 cm³/mol. The Bertz CT molecular complexity index is 397. The number of aliphatic hydroxyl groups excluding tert-OH is 1. The van der Waals surface area contributed by atoms with E-state index in [-0.39, 0.29) is 31.6 Å². The van der Waals surface area contributed by atoms with Crippen LogP contribution in [0.25, 0.3) is 0 Å². The molecule has 0 aliphatic carbocycles. The van der Waals surface area contributed by atoms with Crippen molar-refractivity contribution in [3.63, 3.8) is 0 Å². The molecule has 1 heterocycles. The molecule has 1 amide bonds. The van der Waals surface area contributed by atoms with Crippen LogP contribution >= 0.6 is 0 Å². The van der Waals surface area contributed by atoms with E-state index in [1.54, 1.807) is 12.1 Å². The van der Waals surface area contributed by atoms with Gasteiger partial charge in [0.25, 0.3) is 0 Å². The average Bonchev–Trinajstić information content (AvgIpc) is 2.61. The van der Waals surface area contributed by atoms with E-state index >= 15 is 0 Å². The van der Waals surface area contributed by atoms with Crippen LogP contribution in [0.15, 0.2) is 24.3 Å². The maximum atomic E-state index is 13.0. The summed E-state index contributed by atoms with van der Waals surface area (Å²) in [7, 11) is 0. The fourth-order valence-electron chi connectivity index (χ4n) is 1.80. The van der Waals surface area contributed by atoms with Crippen LogP contribution in [0.5, 0.6) is 0 Å². The van der Waals surface area contributed by atoms with E-state index in [9.17, 15) is 9.18 Å². The van der Waals surface area contributed by atoms with Crippen LogP contribution in [-0.4, -0.2) is 35.9 Å². The third kappa shape index (κ3) is 1.99. The van der Waals surface area contributed by atoms with Crippen molar-refractivity contribution in [2.24, 2.45) is 0 Å². The molecule has 1 fully saturated rings. The van der Waals surface area contributed by atoms with Crippen LogP contribution in [0.3, 0.4) is 0 Å². The van der Waals surface area contributed by atoms with Gasteiger partial charge >= 0.3 is 6.09 Å². The van der Waals surface area contributed by atoms with E-state index in [2.05, 4.69) is 0 Å². The number of carbonyl (C=O) groups excluding carboxylic acids is 1. The van der Waals surface area contributed by atoms with E-state index in [0.717, 1.165) is 0 Å². The van der Waals surface area contributed by atoms with Gasteiger partial charge in [-0.1, -0.05) is 12.1 Å². The summed E-state index contributed by atoms with van der Waals surface area (Å²) in [6.45, 7) is 0.253. The molecular formula is C11H12FNO3. The highest BCUT2D eigenvalue weighted by Crippen LogP contribution is 2.27. The number of halogens is 1. The number of hydrogen-bond donors (Lipinski definition) is 1. The number of aliphatic hydroxyl groups is 1. The number of β-amino-alcohol motifs (C(OH)–C–C–N with tert-alkyl or cyclic N) is 1. The summed E-state index contributed by atoms with van der Waals surface area (Å²) in [4.78, 5) is 12.7. The van der Waals surface area contributed by atoms with E-state index in [4.69, 9.17) is 9.84 Å². The molecule has 1 unspecified atom stereocenters. The Labute approximate surface area is 92.2 Å². The van der Waals surface area contributed by atoms with Crippen molar-refractivity contribution < 1.29 is 19.0 Å². The molecule has 1 saturated heterocycles. The second-order valence-corrected chi connectivity index (χ2v) is 3.56. The largest absolute Gasteiger partial charge is 0.447 e. The lowest BCUT2D eigenvalue weighted by atomic mass is 10.1. The summed E-state index contributed by atoms with van der Waals surface area (Å²) in [5.74, 6) is -0.346. The standard InChI is InChI=1S/C11H12FNO3/c12-9-3-1-2-8(6-9)10-7-16-11(15)13(10)4-5-14/h1-3,6,10,14H,4-5,7H2. The first-order chi connectivity index (χ1) is 7.72. The van der Waals surface area contributed by atoms with Gasteiger partial charge in [-0.15, -0.1) is 0 Å². The minimum atomic E-state index is -0.469. The van der Waals surface area contributed by atoms with Crippen LogP contribution < -0.4 is 0 Å². The van der Waals surface area contributed by atoms with Crippen LogP contribution in [0.1, 0.15) is 11.6 Å². The molecule has 1 aromatic carbocycles. The topological polar surface area (TPSA) is 49.8 Å². The Morgan fingerprint density at radius 2 is 2.38 bits per heavy atom. The molecular weight excluding hydrogens is 213 g/mol. The first-order valence-electron chi connectivity index (χ1n) is 5.02. The smallest absolute Gasteiger partial charge is 0.410 e. The second kappa shape index (κ2) is 4.49. The Kier molecular flexibility index (Phi) is 3.05. The fourth-order valence-corrected chi connectivity index (χ4v) is 1.80. The van der Waals surface area contributed by atoms with Gasteiger partial charge in [0.1, 0.15) is 12.4 Å². The highest BCUT2D eigenvalue weighted by atomic mass is 19.1.